The first-order valence-electron chi connectivity index (χ1n) is 4.79. The molecule has 0 radical (unpaired) electrons. The van der Waals surface area contributed by atoms with E-state index in [0.29, 0.717) is 0 Å². The van der Waals surface area contributed by atoms with Crippen molar-refractivity contribution >= 4 is 34.8 Å². The van der Waals surface area contributed by atoms with Crippen LogP contribution in [-0.2, 0) is 4.79 Å². The molecule has 0 spiro atoms. The highest BCUT2D eigenvalue weighted by Gasteiger charge is 2.75. The van der Waals surface area contributed by atoms with E-state index in [1.54, 1.807) is 0 Å². The van der Waals surface area contributed by atoms with Gasteiger partial charge in [0.05, 0.1) is 0 Å². The number of carbonyl (C=O) groups excluding carboxylic acids is 1. The van der Waals surface area contributed by atoms with Gasteiger partial charge in [0.15, 0.2) is 0 Å². The zero-order valence-corrected chi connectivity index (χ0v) is 10.8. The van der Waals surface area contributed by atoms with Crippen LogP contribution in [0.1, 0.15) is 0 Å². The maximum absolute atomic E-state index is 12.5. The molecule has 0 saturated carbocycles. The average Bonchev–Trinajstić information content (AvgIpc) is 2.24. The van der Waals surface area contributed by atoms with Crippen molar-refractivity contribution in [3.63, 3.8) is 0 Å². The third kappa shape index (κ3) is 3.12. The SMILES string of the molecule is O=C(Nc1cccc(Cl)c1)C(Cl)(C(F)(F)F)C(F)(F)F. The molecule has 20 heavy (non-hydrogen) atoms. The monoisotopic (exact) mass is 339 g/mol. The molecule has 112 valence electrons. The summed E-state index contributed by atoms with van der Waals surface area (Å²) in [6.07, 6.45) is -12.0. The van der Waals surface area contributed by atoms with Gasteiger partial charge in [-0.15, -0.1) is 0 Å². The Morgan fingerprint density at radius 2 is 1.55 bits per heavy atom. The maximum Gasteiger partial charge on any atom is 0.425 e. The van der Waals surface area contributed by atoms with Crippen LogP contribution in [0.4, 0.5) is 32.0 Å². The fourth-order valence-corrected chi connectivity index (χ4v) is 1.44. The zero-order chi connectivity index (χ0) is 15.8. The van der Waals surface area contributed by atoms with Crippen molar-refractivity contribution in [2.75, 3.05) is 5.32 Å². The van der Waals surface area contributed by atoms with E-state index < -0.39 is 23.1 Å². The summed E-state index contributed by atoms with van der Waals surface area (Å²) in [5, 5.41) is 1.46. The Morgan fingerprint density at radius 1 is 1.05 bits per heavy atom. The summed E-state index contributed by atoms with van der Waals surface area (Å²) < 4.78 is 75.0. The van der Waals surface area contributed by atoms with Crippen molar-refractivity contribution in [2.24, 2.45) is 0 Å². The molecule has 0 aliphatic rings. The zero-order valence-electron chi connectivity index (χ0n) is 9.24. The molecule has 0 bridgehead atoms. The van der Waals surface area contributed by atoms with Gasteiger partial charge in [-0.3, -0.25) is 4.79 Å². The minimum absolute atomic E-state index is 0.0157. The Labute approximate surface area is 118 Å². The van der Waals surface area contributed by atoms with Crippen LogP contribution in [0.25, 0.3) is 0 Å². The number of alkyl halides is 7. The standard InChI is InChI=1S/C10H5Cl2F6NO/c11-5-2-1-3-6(4-5)19-7(20)8(12,9(13,14)15)10(16,17)18/h1-4H,(H,19,20). The van der Waals surface area contributed by atoms with E-state index in [9.17, 15) is 31.1 Å². The van der Waals surface area contributed by atoms with Crippen LogP contribution in [0, 0.1) is 0 Å². The molecule has 0 aliphatic carbocycles. The maximum atomic E-state index is 12.5. The molecule has 0 aliphatic heterocycles. The van der Waals surface area contributed by atoms with Gasteiger partial charge in [-0.2, -0.15) is 26.3 Å². The first-order valence-corrected chi connectivity index (χ1v) is 5.54. The Balaban J connectivity index is 3.15. The number of benzene rings is 1. The highest BCUT2D eigenvalue weighted by molar-refractivity contribution is 6.38. The van der Waals surface area contributed by atoms with E-state index in [1.807, 2.05) is 0 Å². The second-order valence-electron chi connectivity index (χ2n) is 3.62. The van der Waals surface area contributed by atoms with E-state index >= 15 is 0 Å². The fraction of sp³-hybridized carbons (Fsp3) is 0.300. The second-order valence-corrected chi connectivity index (χ2v) is 4.62. The predicted molar refractivity (Wildman–Crippen MR) is 60.8 cm³/mol. The van der Waals surface area contributed by atoms with Crippen LogP contribution in [0.5, 0.6) is 0 Å². The molecule has 1 rings (SSSR count). The lowest BCUT2D eigenvalue weighted by molar-refractivity contribution is -0.258. The van der Waals surface area contributed by atoms with Gasteiger partial charge >= 0.3 is 17.2 Å². The summed E-state index contributed by atoms with van der Waals surface area (Å²) in [6.45, 7) is 0. The Morgan fingerprint density at radius 3 is 1.95 bits per heavy atom. The minimum Gasteiger partial charge on any atom is -0.324 e. The Hall–Kier alpha value is -1.15. The topological polar surface area (TPSA) is 29.1 Å². The number of amides is 1. The van der Waals surface area contributed by atoms with E-state index in [1.165, 1.54) is 17.4 Å². The van der Waals surface area contributed by atoms with E-state index in [2.05, 4.69) is 11.6 Å². The van der Waals surface area contributed by atoms with Crippen molar-refractivity contribution in [2.45, 2.75) is 17.2 Å². The highest BCUT2D eigenvalue weighted by atomic mass is 35.5. The van der Waals surface area contributed by atoms with E-state index in [-0.39, 0.29) is 10.7 Å². The molecule has 0 atom stereocenters. The van der Waals surface area contributed by atoms with Crippen molar-refractivity contribution in [1.82, 2.24) is 0 Å². The minimum atomic E-state index is -6.02. The molecule has 1 amide bonds. The van der Waals surface area contributed by atoms with Crippen LogP contribution in [0.3, 0.4) is 0 Å². The predicted octanol–water partition coefficient (Wildman–Crippen LogP) is 4.38. The molecule has 0 saturated heterocycles. The van der Waals surface area contributed by atoms with Gasteiger partial charge in [0.2, 0.25) is 0 Å². The third-order valence-corrected chi connectivity index (χ3v) is 3.01. The molecule has 0 unspecified atom stereocenters. The van der Waals surface area contributed by atoms with E-state index in [0.717, 1.165) is 12.1 Å². The first kappa shape index (κ1) is 16.9. The number of hydrogen-bond acceptors (Lipinski definition) is 1. The van der Waals surface area contributed by atoms with Gasteiger partial charge in [0.25, 0.3) is 5.91 Å². The molecular weight excluding hydrogens is 335 g/mol. The number of rotatable bonds is 2. The number of anilines is 1. The summed E-state index contributed by atoms with van der Waals surface area (Å²) in [7, 11) is 0. The third-order valence-electron chi connectivity index (χ3n) is 2.18. The lowest BCUT2D eigenvalue weighted by Crippen LogP contribution is -2.60. The van der Waals surface area contributed by atoms with Crippen LogP contribution in [0.15, 0.2) is 24.3 Å². The lowest BCUT2D eigenvalue weighted by atomic mass is 10.1. The number of carbonyl (C=O) groups is 1. The highest BCUT2D eigenvalue weighted by Crippen LogP contribution is 2.48. The molecule has 10 heteroatoms. The summed E-state index contributed by atoms with van der Waals surface area (Å²) >= 11 is 10.0. The summed E-state index contributed by atoms with van der Waals surface area (Å²) in [5.41, 5.74) is -0.346. The summed E-state index contributed by atoms with van der Waals surface area (Å²) in [5.74, 6) is -2.46. The number of nitrogens with one attached hydrogen (secondary N) is 1. The molecule has 0 aromatic heterocycles. The van der Waals surface area contributed by atoms with Gasteiger partial charge < -0.3 is 5.32 Å². The Kier molecular flexibility index (Phi) is 4.50. The van der Waals surface area contributed by atoms with Crippen LogP contribution in [0.2, 0.25) is 5.02 Å². The molecule has 0 fully saturated rings. The second kappa shape index (κ2) is 5.33. The van der Waals surface area contributed by atoms with Gasteiger partial charge in [-0.1, -0.05) is 29.3 Å². The van der Waals surface area contributed by atoms with Gasteiger partial charge in [0.1, 0.15) is 0 Å². The van der Waals surface area contributed by atoms with E-state index in [4.69, 9.17) is 11.6 Å². The van der Waals surface area contributed by atoms with Gasteiger partial charge in [-0.05, 0) is 18.2 Å². The smallest absolute Gasteiger partial charge is 0.324 e. The average molecular weight is 340 g/mol. The Bertz CT molecular complexity index is 499. The fourth-order valence-electron chi connectivity index (χ4n) is 1.20. The molecule has 1 aromatic carbocycles. The van der Waals surface area contributed by atoms with Crippen molar-refractivity contribution in [3.8, 4) is 0 Å². The van der Waals surface area contributed by atoms with Crippen molar-refractivity contribution in [3.05, 3.63) is 29.3 Å². The normalized spacial score (nSPS) is 13.2. The number of hydrogen-bond donors (Lipinski definition) is 1. The van der Waals surface area contributed by atoms with Gasteiger partial charge in [0, 0.05) is 10.7 Å². The largest absolute Gasteiger partial charge is 0.425 e. The summed E-state index contributed by atoms with van der Waals surface area (Å²) in [4.78, 5) is 6.27. The first-order chi connectivity index (χ1) is 8.89. The molecule has 0 heterocycles. The molecule has 1 aromatic rings. The van der Waals surface area contributed by atoms with Crippen LogP contribution in [-0.4, -0.2) is 23.1 Å². The van der Waals surface area contributed by atoms with Crippen molar-refractivity contribution < 1.29 is 31.1 Å². The quantitative estimate of drug-likeness (QED) is 0.628. The molecular formula is C10H5Cl2F6NO. The molecule has 2 nitrogen and oxygen atoms in total. The van der Waals surface area contributed by atoms with Crippen LogP contribution >= 0.6 is 23.2 Å². The van der Waals surface area contributed by atoms with Crippen molar-refractivity contribution in [1.29, 1.82) is 0 Å². The van der Waals surface area contributed by atoms with Crippen LogP contribution < -0.4 is 5.32 Å². The van der Waals surface area contributed by atoms with Gasteiger partial charge in [-0.25, -0.2) is 0 Å². The summed E-state index contributed by atoms with van der Waals surface area (Å²) in [6, 6.07) is 4.59. The lowest BCUT2D eigenvalue weighted by Gasteiger charge is -2.30. The number of halogens is 8. The molecule has 1 N–H and O–H groups in total.